The summed E-state index contributed by atoms with van der Waals surface area (Å²) in [7, 11) is 0. The standard InChI is InChI=1S/C21H23F3N4O3/c1-12-11-25-17(26-20(30)31-14-5-6-14)10-15(12)13-8-18(27-19(29)9-13)28-7-3-2-4-16(28)21(22,23)24/h8-11,14,16H,2-7H2,1H3,(H,27,29)(H,25,26,30)/t16-/m1/s1. The van der Waals surface area contributed by atoms with Crippen LogP contribution in [0.1, 0.15) is 37.7 Å². The van der Waals surface area contributed by atoms with Crippen LogP contribution in [0.25, 0.3) is 11.1 Å². The molecule has 0 unspecified atom stereocenters. The van der Waals surface area contributed by atoms with Crippen molar-refractivity contribution in [2.75, 3.05) is 16.8 Å². The maximum absolute atomic E-state index is 13.5. The maximum Gasteiger partial charge on any atom is 0.413 e. The Morgan fingerprint density at radius 2 is 2.00 bits per heavy atom. The molecular weight excluding hydrogens is 413 g/mol. The molecule has 2 fully saturated rings. The third-order valence-corrected chi connectivity index (χ3v) is 5.46. The highest BCUT2D eigenvalue weighted by Gasteiger charge is 2.45. The van der Waals surface area contributed by atoms with E-state index in [1.54, 1.807) is 19.1 Å². The number of hydrogen-bond acceptors (Lipinski definition) is 5. The van der Waals surface area contributed by atoms with Crippen molar-refractivity contribution in [2.45, 2.75) is 57.3 Å². The number of ether oxygens (including phenoxy) is 1. The number of H-pyrrole nitrogens is 1. The van der Waals surface area contributed by atoms with E-state index in [9.17, 15) is 22.8 Å². The van der Waals surface area contributed by atoms with Crippen LogP contribution in [0.4, 0.5) is 29.6 Å². The van der Waals surface area contributed by atoms with Crippen molar-refractivity contribution in [2.24, 2.45) is 0 Å². The number of aromatic amines is 1. The fourth-order valence-corrected chi connectivity index (χ4v) is 3.77. The number of aromatic nitrogens is 2. The van der Waals surface area contributed by atoms with E-state index in [0.29, 0.717) is 29.5 Å². The topological polar surface area (TPSA) is 87.3 Å². The van der Waals surface area contributed by atoms with Gasteiger partial charge in [0, 0.05) is 18.8 Å². The zero-order valence-corrected chi connectivity index (χ0v) is 17.0. The van der Waals surface area contributed by atoms with Crippen molar-refractivity contribution in [1.82, 2.24) is 9.97 Å². The molecule has 2 aliphatic rings. The number of alkyl halides is 3. The van der Waals surface area contributed by atoms with Crippen LogP contribution in [0, 0.1) is 6.92 Å². The van der Waals surface area contributed by atoms with Crippen LogP contribution < -0.4 is 15.8 Å². The van der Waals surface area contributed by atoms with Crippen molar-refractivity contribution in [3.8, 4) is 11.1 Å². The molecule has 1 aliphatic heterocycles. The lowest BCUT2D eigenvalue weighted by molar-refractivity contribution is -0.152. The first kappa shape index (κ1) is 21.2. The Morgan fingerprint density at radius 3 is 2.71 bits per heavy atom. The van der Waals surface area contributed by atoms with E-state index in [0.717, 1.165) is 12.8 Å². The van der Waals surface area contributed by atoms with Gasteiger partial charge < -0.3 is 14.6 Å². The van der Waals surface area contributed by atoms with Gasteiger partial charge in [-0.25, -0.2) is 9.78 Å². The lowest BCUT2D eigenvalue weighted by Crippen LogP contribution is -2.49. The molecule has 1 atom stereocenters. The molecule has 2 N–H and O–H groups in total. The van der Waals surface area contributed by atoms with Gasteiger partial charge in [-0.05, 0) is 67.9 Å². The molecule has 7 nitrogen and oxygen atoms in total. The minimum Gasteiger partial charge on any atom is -0.446 e. The number of pyridine rings is 2. The zero-order chi connectivity index (χ0) is 22.2. The number of aryl methyl sites for hydroxylation is 1. The molecule has 1 aliphatic carbocycles. The quantitative estimate of drug-likeness (QED) is 0.743. The largest absolute Gasteiger partial charge is 0.446 e. The maximum atomic E-state index is 13.5. The molecule has 0 spiro atoms. The van der Waals surface area contributed by atoms with Gasteiger partial charge in [-0.3, -0.25) is 10.1 Å². The van der Waals surface area contributed by atoms with Gasteiger partial charge in [0.1, 0.15) is 23.8 Å². The van der Waals surface area contributed by atoms with E-state index in [4.69, 9.17) is 4.74 Å². The highest BCUT2D eigenvalue weighted by molar-refractivity contribution is 5.85. The van der Waals surface area contributed by atoms with Crippen LogP contribution in [-0.2, 0) is 4.74 Å². The van der Waals surface area contributed by atoms with Crippen molar-refractivity contribution >= 4 is 17.7 Å². The molecule has 1 amide bonds. The fraction of sp³-hybridized carbons (Fsp3) is 0.476. The van der Waals surface area contributed by atoms with Gasteiger partial charge in [0.05, 0.1) is 0 Å². The Morgan fingerprint density at radius 1 is 1.23 bits per heavy atom. The van der Waals surface area contributed by atoms with E-state index in [1.807, 2.05) is 0 Å². The molecule has 0 bridgehead atoms. The summed E-state index contributed by atoms with van der Waals surface area (Å²) >= 11 is 0. The monoisotopic (exact) mass is 436 g/mol. The van der Waals surface area contributed by atoms with Gasteiger partial charge in [0.2, 0.25) is 5.56 Å². The van der Waals surface area contributed by atoms with E-state index < -0.39 is 23.9 Å². The van der Waals surface area contributed by atoms with Gasteiger partial charge in [0.25, 0.3) is 0 Å². The number of halogens is 3. The number of nitrogens with zero attached hydrogens (tertiary/aromatic N) is 2. The molecule has 1 saturated carbocycles. The molecule has 2 aromatic rings. The van der Waals surface area contributed by atoms with Gasteiger partial charge >= 0.3 is 12.3 Å². The normalized spacial score (nSPS) is 19.2. The summed E-state index contributed by atoms with van der Waals surface area (Å²) in [5, 5.41) is 2.55. The molecule has 2 aromatic heterocycles. The molecule has 4 rings (SSSR count). The number of carbonyl (C=O) groups is 1. The van der Waals surface area contributed by atoms with Gasteiger partial charge in [-0.1, -0.05) is 0 Å². The smallest absolute Gasteiger partial charge is 0.413 e. The highest BCUT2D eigenvalue weighted by atomic mass is 19.4. The number of amides is 1. The number of nitrogens with one attached hydrogen (secondary N) is 2. The van der Waals surface area contributed by atoms with Crippen molar-refractivity contribution in [3.05, 3.63) is 40.3 Å². The first-order valence-electron chi connectivity index (χ1n) is 10.2. The second-order valence-corrected chi connectivity index (χ2v) is 7.98. The van der Waals surface area contributed by atoms with Crippen molar-refractivity contribution in [1.29, 1.82) is 0 Å². The van der Waals surface area contributed by atoms with Crippen LogP contribution >= 0.6 is 0 Å². The van der Waals surface area contributed by atoms with E-state index >= 15 is 0 Å². The summed E-state index contributed by atoms with van der Waals surface area (Å²) in [5.74, 6) is 0.364. The van der Waals surface area contributed by atoms with E-state index in [1.165, 1.54) is 17.2 Å². The summed E-state index contributed by atoms with van der Waals surface area (Å²) in [4.78, 5) is 32.1. The summed E-state index contributed by atoms with van der Waals surface area (Å²) < 4.78 is 45.8. The summed E-state index contributed by atoms with van der Waals surface area (Å²) in [6.45, 7) is 1.98. The molecule has 0 aromatic carbocycles. The fourth-order valence-electron chi connectivity index (χ4n) is 3.77. The van der Waals surface area contributed by atoms with Crippen molar-refractivity contribution < 1.29 is 22.7 Å². The number of anilines is 2. The van der Waals surface area contributed by atoms with Gasteiger partial charge in [-0.15, -0.1) is 0 Å². The minimum absolute atomic E-state index is 0.0127. The third-order valence-electron chi connectivity index (χ3n) is 5.46. The van der Waals surface area contributed by atoms with Crippen LogP contribution in [0.5, 0.6) is 0 Å². The van der Waals surface area contributed by atoms with Gasteiger partial charge in [-0.2, -0.15) is 13.2 Å². The SMILES string of the molecule is Cc1cnc(NC(=O)OC2CC2)cc1-c1cc(N2CCCC[C@@H]2C(F)(F)F)[nH]c(=O)c1. The van der Waals surface area contributed by atoms with Crippen LogP contribution in [0.3, 0.4) is 0 Å². The summed E-state index contributed by atoms with van der Waals surface area (Å²) in [6.07, 6.45) is -0.771. The average Bonchev–Trinajstić information content (AvgIpc) is 3.52. The Balaban J connectivity index is 1.65. The molecule has 31 heavy (non-hydrogen) atoms. The average molecular weight is 436 g/mol. The lowest BCUT2D eigenvalue weighted by Gasteiger charge is -2.38. The van der Waals surface area contributed by atoms with Crippen LogP contribution in [0.15, 0.2) is 29.2 Å². The lowest BCUT2D eigenvalue weighted by atomic mass is 10.00. The molecule has 10 heteroatoms. The predicted octanol–water partition coefficient (Wildman–Crippen LogP) is 4.38. The number of rotatable bonds is 4. The summed E-state index contributed by atoms with van der Waals surface area (Å²) in [5.41, 5.74) is 1.25. The second kappa shape index (κ2) is 8.24. The van der Waals surface area contributed by atoms with E-state index in [2.05, 4.69) is 15.3 Å². The molecule has 1 saturated heterocycles. The second-order valence-electron chi connectivity index (χ2n) is 7.98. The van der Waals surface area contributed by atoms with E-state index in [-0.39, 0.29) is 30.7 Å². The van der Waals surface area contributed by atoms with Crippen molar-refractivity contribution in [3.63, 3.8) is 0 Å². The molecule has 0 radical (unpaired) electrons. The number of piperidine rings is 1. The number of hydrogen-bond donors (Lipinski definition) is 2. The predicted molar refractivity (Wildman–Crippen MR) is 109 cm³/mol. The molecular formula is C21H23F3N4O3. The van der Waals surface area contributed by atoms with Crippen LogP contribution in [0.2, 0.25) is 0 Å². The van der Waals surface area contributed by atoms with Gasteiger partial charge in [0.15, 0.2) is 0 Å². The Labute approximate surface area is 176 Å². The Kier molecular flexibility index (Phi) is 5.63. The first-order valence-corrected chi connectivity index (χ1v) is 10.2. The minimum atomic E-state index is -4.39. The first-order chi connectivity index (χ1) is 14.7. The number of carbonyl (C=O) groups excluding carboxylic acids is 1. The Bertz CT molecular complexity index is 1030. The van der Waals surface area contributed by atoms with Crippen LogP contribution in [-0.4, -0.2) is 40.9 Å². The molecule has 166 valence electrons. The summed E-state index contributed by atoms with van der Waals surface area (Å²) in [6, 6.07) is 2.81. The zero-order valence-electron chi connectivity index (χ0n) is 17.0. The molecule has 3 heterocycles. The third kappa shape index (κ3) is 5.00. The Hall–Kier alpha value is -3.04. The highest BCUT2D eigenvalue weighted by Crippen LogP contribution is 2.35.